The van der Waals surface area contributed by atoms with Crippen LogP contribution in [0.25, 0.3) is 0 Å². The third-order valence-electron chi connectivity index (χ3n) is 2.12. The number of nitrogens with zero attached hydrogens (tertiary/aromatic N) is 1. The van der Waals surface area contributed by atoms with Gasteiger partial charge in [-0.05, 0) is 17.5 Å². The van der Waals surface area contributed by atoms with Crippen molar-refractivity contribution in [2.75, 3.05) is 5.73 Å². The Kier molecular flexibility index (Phi) is 3.61. The molecule has 0 saturated heterocycles. The van der Waals surface area contributed by atoms with Gasteiger partial charge in [-0.25, -0.2) is 4.98 Å². The second kappa shape index (κ2) is 5.16. The summed E-state index contributed by atoms with van der Waals surface area (Å²) in [6.45, 7) is 0.481. The van der Waals surface area contributed by atoms with Crippen LogP contribution in [0.4, 0.5) is 5.82 Å². The minimum atomic E-state index is -0.252. The summed E-state index contributed by atoms with van der Waals surface area (Å²) in [7, 11) is 0. The van der Waals surface area contributed by atoms with Gasteiger partial charge in [-0.2, -0.15) is 0 Å². The number of anilines is 1. The zero-order valence-corrected chi connectivity index (χ0v) is 10.4. The molecule has 0 aliphatic rings. The normalized spacial score (nSPS) is 10.2. The molecule has 88 valence electrons. The molecule has 0 aliphatic carbocycles. The Bertz CT molecular complexity index is 528. The molecule has 0 bridgehead atoms. The molecule has 2 aromatic rings. The molecular formula is C11H10ClN3OS. The first-order valence-electron chi connectivity index (χ1n) is 4.88. The van der Waals surface area contributed by atoms with Crippen LogP contribution >= 0.6 is 22.9 Å². The van der Waals surface area contributed by atoms with Gasteiger partial charge in [0.1, 0.15) is 5.82 Å². The minimum Gasteiger partial charge on any atom is -0.384 e. The summed E-state index contributed by atoms with van der Waals surface area (Å²) in [4.78, 5) is 16.7. The van der Waals surface area contributed by atoms with Crippen molar-refractivity contribution in [1.29, 1.82) is 0 Å². The van der Waals surface area contributed by atoms with Crippen LogP contribution in [-0.2, 0) is 6.54 Å². The molecule has 0 aliphatic heterocycles. The molecule has 3 N–H and O–H groups in total. The molecule has 4 nitrogen and oxygen atoms in total. The number of nitrogens with one attached hydrogen (secondary N) is 1. The second-order valence-electron chi connectivity index (χ2n) is 3.35. The van der Waals surface area contributed by atoms with E-state index in [4.69, 9.17) is 17.3 Å². The van der Waals surface area contributed by atoms with Crippen molar-refractivity contribution in [2.24, 2.45) is 0 Å². The lowest BCUT2D eigenvalue weighted by atomic mass is 10.2. The standard InChI is InChI=1S/C11H10ClN3OS/c12-9-6-14-10(13)4-8(9)11(16)15-5-7-2-1-3-17-7/h1-4,6H,5H2,(H2,13,14)(H,15,16). The smallest absolute Gasteiger partial charge is 0.253 e. The van der Waals surface area contributed by atoms with E-state index in [1.54, 1.807) is 11.3 Å². The number of halogens is 1. The van der Waals surface area contributed by atoms with Crippen LogP contribution < -0.4 is 11.1 Å². The summed E-state index contributed by atoms with van der Waals surface area (Å²) in [6, 6.07) is 5.35. The van der Waals surface area contributed by atoms with Crippen molar-refractivity contribution in [3.05, 3.63) is 45.2 Å². The second-order valence-corrected chi connectivity index (χ2v) is 4.79. The number of rotatable bonds is 3. The number of carbonyl (C=O) groups excluding carboxylic acids is 1. The quantitative estimate of drug-likeness (QED) is 0.897. The lowest BCUT2D eigenvalue weighted by Crippen LogP contribution is -2.22. The summed E-state index contributed by atoms with van der Waals surface area (Å²) in [5, 5.41) is 5.02. The van der Waals surface area contributed by atoms with E-state index in [2.05, 4.69) is 10.3 Å². The number of hydrogen-bond donors (Lipinski definition) is 2. The number of amides is 1. The van der Waals surface area contributed by atoms with Crippen LogP contribution in [0.2, 0.25) is 5.02 Å². The van der Waals surface area contributed by atoms with E-state index < -0.39 is 0 Å². The topological polar surface area (TPSA) is 68.0 Å². The van der Waals surface area contributed by atoms with Crippen molar-refractivity contribution in [3.8, 4) is 0 Å². The number of hydrogen-bond acceptors (Lipinski definition) is 4. The van der Waals surface area contributed by atoms with Crippen molar-refractivity contribution in [1.82, 2.24) is 10.3 Å². The zero-order valence-electron chi connectivity index (χ0n) is 8.81. The first-order valence-corrected chi connectivity index (χ1v) is 6.14. The zero-order chi connectivity index (χ0) is 12.3. The van der Waals surface area contributed by atoms with E-state index in [1.165, 1.54) is 12.3 Å². The SMILES string of the molecule is Nc1cc(C(=O)NCc2cccs2)c(Cl)cn1. The maximum atomic E-state index is 11.8. The van der Waals surface area contributed by atoms with Gasteiger partial charge in [-0.1, -0.05) is 17.7 Å². The number of nitrogens with two attached hydrogens (primary N) is 1. The predicted molar refractivity (Wildman–Crippen MR) is 69.1 cm³/mol. The average molecular weight is 268 g/mol. The Labute approximate surface area is 107 Å². The Morgan fingerprint density at radius 1 is 1.59 bits per heavy atom. The van der Waals surface area contributed by atoms with Gasteiger partial charge in [0, 0.05) is 11.1 Å². The maximum Gasteiger partial charge on any atom is 0.253 e. The number of aromatic nitrogens is 1. The Balaban J connectivity index is 2.07. The highest BCUT2D eigenvalue weighted by molar-refractivity contribution is 7.09. The van der Waals surface area contributed by atoms with E-state index in [-0.39, 0.29) is 11.7 Å². The van der Waals surface area contributed by atoms with Crippen LogP contribution in [0.15, 0.2) is 29.8 Å². The largest absolute Gasteiger partial charge is 0.384 e. The first-order chi connectivity index (χ1) is 8.16. The van der Waals surface area contributed by atoms with Gasteiger partial charge in [0.2, 0.25) is 0 Å². The van der Waals surface area contributed by atoms with E-state index in [9.17, 15) is 4.79 Å². The molecule has 0 fully saturated rings. The molecule has 1 amide bonds. The lowest BCUT2D eigenvalue weighted by Gasteiger charge is -2.05. The lowest BCUT2D eigenvalue weighted by molar-refractivity contribution is 0.0951. The molecule has 0 radical (unpaired) electrons. The summed E-state index contributed by atoms with van der Waals surface area (Å²) in [6.07, 6.45) is 1.37. The molecular weight excluding hydrogens is 258 g/mol. The van der Waals surface area contributed by atoms with E-state index >= 15 is 0 Å². The molecule has 0 unspecified atom stereocenters. The monoisotopic (exact) mass is 267 g/mol. The van der Waals surface area contributed by atoms with Crippen molar-refractivity contribution in [2.45, 2.75) is 6.54 Å². The Morgan fingerprint density at radius 3 is 3.12 bits per heavy atom. The Morgan fingerprint density at radius 2 is 2.41 bits per heavy atom. The van der Waals surface area contributed by atoms with Gasteiger partial charge in [0.05, 0.1) is 17.1 Å². The molecule has 0 aromatic carbocycles. The summed E-state index contributed by atoms with van der Waals surface area (Å²) >= 11 is 7.46. The van der Waals surface area contributed by atoms with Crippen LogP contribution in [0.1, 0.15) is 15.2 Å². The van der Waals surface area contributed by atoms with Crippen LogP contribution in [0, 0.1) is 0 Å². The molecule has 6 heteroatoms. The fraction of sp³-hybridized carbons (Fsp3) is 0.0909. The van der Waals surface area contributed by atoms with Gasteiger partial charge >= 0.3 is 0 Å². The van der Waals surface area contributed by atoms with Crippen molar-refractivity contribution in [3.63, 3.8) is 0 Å². The third-order valence-corrected chi connectivity index (χ3v) is 3.30. The Hall–Kier alpha value is -1.59. The fourth-order valence-electron chi connectivity index (χ4n) is 1.30. The highest BCUT2D eigenvalue weighted by Gasteiger charge is 2.11. The fourth-order valence-corrected chi connectivity index (χ4v) is 2.14. The average Bonchev–Trinajstić information content (AvgIpc) is 2.82. The van der Waals surface area contributed by atoms with Gasteiger partial charge < -0.3 is 11.1 Å². The van der Waals surface area contributed by atoms with Crippen molar-refractivity contribution < 1.29 is 4.79 Å². The first kappa shape index (κ1) is 11.9. The molecule has 2 rings (SSSR count). The van der Waals surface area contributed by atoms with E-state index in [1.807, 2.05) is 17.5 Å². The third kappa shape index (κ3) is 2.95. The molecule has 0 saturated carbocycles. The molecule has 2 aromatic heterocycles. The van der Waals surface area contributed by atoms with Gasteiger partial charge in [-0.15, -0.1) is 11.3 Å². The highest BCUT2D eigenvalue weighted by Crippen LogP contribution is 2.16. The summed E-state index contributed by atoms with van der Waals surface area (Å²) in [5.41, 5.74) is 5.85. The number of pyridine rings is 1. The number of nitrogen functional groups attached to an aromatic ring is 1. The van der Waals surface area contributed by atoms with Gasteiger partial charge in [0.15, 0.2) is 0 Å². The summed E-state index contributed by atoms with van der Waals surface area (Å²) < 4.78 is 0. The van der Waals surface area contributed by atoms with Crippen LogP contribution in [0.5, 0.6) is 0 Å². The van der Waals surface area contributed by atoms with Crippen LogP contribution in [-0.4, -0.2) is 10.9 Å². The van der Waals surface area contributed by atoms with E-state index in [0.717, 1.165) is 4.88 Å². The summed E-state index contributed by atoms with van der Waals surface area (Å²) in [5.74, 6) is 0.0215. The maximum absolute atomic E-state index is 11.8. The predicted octanol–water partition coefficient (Wildman–Crippen LogP) is 2.31. The van der Waals surface area contributed by atoms with Gasteiger partial charge in [0.25, 0.3) is 5.91 Å². The number of carbonyl (C=O) groups is 1. The minimum absolute atomic E-state index is 0.252. The highest BCUT2D eigenvalue weighted by atomic mass is 35.5. The molecule has 17 heavy (non-hydrogen) atoms. The van der Waals surface area contributed by atoms with E-state index in [0.29, 0.717) is 17.1 Å². The molecule has 2 heterocycles. The molecule has 0 atom stereocenters. The van der Waals surface area contributed by atoms with Crippen molar-refractivity contribution >= 4 is 34.7 Å². The molecule has 0 spiro atoms. The number of thiophene rings is 1. The van der Waals surface area contributed by atoms with Crippen LogP contribution in [0.3, 0.4) is 0 Å². The van der Waals surface area contributed by atoms with Gasteiger partial charge in [-0.3, -0.25) is 4.79 Å².